The third-order valence-electron chi connectivity index (χ3n) is 2.76. The molecule has 1 aromatic carbocycles. The van der Waals surface area contributed by atoms with Crippen molar-refractivity contribution < 1.29 is 4.39 Å². The Kier molecular flexibility index (Phi) is 4.72. The van der Waals surface area contributed by atoms with Crippen LogP contribution in [0.1, 0.15) is 24.6 Å². The van der Waals surface area contributed by atoms with Crippen molar-refractivity contribution in [1.82, 2.24) is 9.97 Å². The van der Waals surface area contributed by atoms with Crippen LogP contribution < -0.4 is 0 Å². The first-order chi connectivity index (χ1) is 9.15. The molecule has 2 rings (SSSR count). The van der Waals surface area contributed by atoms with E-state index in [1.807, 2.05) is 0 Å². The van der Waals surface area contributed by atoms with Crippen molar-refractivity contribution in [2.75, 3.05) is 0 Å². The molecule has 0 bridgehead atoms. The zero-order valence-corrected chi connectivity index (χ0v) is 12.0. The van der Waals surface area contributed by atoms with Gasteiger partial charge in [-0.1, -0.05) is 24.9 Å². The van der Waals surface area contributed by atoms with E-state index < -0.39 is 0 Å². The molecular formula is C14H13Cl2FN2. The first-order valence-electron chi connectivity index (χ1n) is 6.02. The second-order valence-corrected chi connectivity index (χ2v) is 4.85. The fraction of sp³-hybridized carbons (Fsp3) is 0.286. The lowest BCUT2D eigenvalue weighted by molar-refractivity contribution is 0.628. The van der Waals surface area contributed by atoms with Gasteiger partial charge in [-0.2, -0.15) is 0 Å². The molecule has 0 spiro atoms. The summed E-state index contributed by atoms with van der Waals surface area (Å²) in [6.07, 6.45) is 3.51. The van der Waals surface area contributed by atoms with Gasteiger partial charge in [0.15, 0.2) is 5.82 Å². The Morgan fingerprint density at radius 1 is 1.32 bits per heavy atom. The van der Waals surface area contributed by atoms with E-state index >= 15 is 0 Å². The number of aromatic nitrogens is 2. The van der Waals surface area contributed by atoms with E-state index in [1.165, 1.54) is 12.1 Å². The second kappa shape index (κ2) is 6.31. The molecule has 0 unspecified atom stereocenters. The summed E-state index contributed by atoms with van der Waals surface area (Å²) in [4.78, 5) is 8.74. The molecule has 0 aliphatic heterocycles. The molecule has 2 aromatic rings. The fourth-order valence-electron chi connectivity index (χ4n) is 1.81. The minimum atomic E-state index is -0.375. The Morgan fingerprint density at radius 3 is 2.74 bits per heavy atom. The number of rotatable bonds is 4. The summed E-state index contributed by atoms with van der Waals surface area (Å²) in [6.45, 7) is 2.07. The van der Waals surface area contributed by atoms with Crippen LogP contribution >= 0.6 is 23.2 Å². The van der Waals surface area contributed by atoms with Crippen molar-refractivity contribution in [1.29, 1.82) is 0 Å². The maximum atomic E-state index is 13.0. The summed E-state index contributed by atoms with van der Waals surface area (Å²) in [5, 5.41) is 0.307. The van der Waals surface area contributed by atoms with Crippen molar-refractivity contribution in [3.05, 3.63) is 46.5 Å². The molecule has 1 aromatic heterocycles. The molecule has 0 aliphatic rings. The highest BCUT2D eigenvalue weighted by Gasteiger charge is 2.11. The maximum absolute atomic E-state index is 13.0. The van der Waals surface area contributed by atoms with E-state index in [1.54, 1.807) is 12.3 Å². The Bertz CT molecular complexity index is 588. The van der Waals surface area contributed by atoms with Gasteiger partial charge in [0.1, 0.15) is 5.82 Å². The molecule has 19 heavy (non-hydrogen) atoms. The molecule has 0 atom stereocenters. The molecule has 0 saturated carbocycles. The highest BCUT2D eigenvalue weighted by atomic mass is 35.5. The van der Waals surface area contributed by atoms with Crippen LogP contribution in [0.25, 0.3) is 11.4 Å². The number of aryl methyl sites for hydroxylation is 1. The summed E-state index contributed by atoms with van der Waals surface area (Å²) in [7, 11) is 0. The van der Waals surface area contributed by atoms with Gasteiger partial charge in [0.25, 0.3) is 0 Å². The van der Waals surface area contributed by atoms with Crippen LogP contribution in [0.15, 0.2) is 24.4 Å². The number of hydrogen-bond donors (Lipinski definition) is 0. The Labute approximate surface area is 121 Å². The van der Waals surface area contributed by atoms with Crippen molar-refractivity contribution in [3.63, 3.8) is 0 Å². The largest absolute Gasteiger partial charge is 0.236 e. The third kappa shape index (κ3) is 3.23. The third-order valence-corrected chi connectivity index (χ3v) is 3.36. The van der Waals surface area contributed by atoms with Gasteiger partial charge in [-0.3, -0.25) is 0 Å². The predicted molar refractivity (Wildman–Crippen MR) is 76.0 cm³/mol. The molecule has 5 heteroatoms. The van der Waals surface area contributed by atoms with Gasteiger partial charge < -0.3 is 0 Å². The Hall–Kier alpha value is -1.19. The van der Waals surface area contributed by atoms with Gasteiger partial charge in [0.05, 0.1) is 10.9 Å². The zero-order valence-electron chi connectivity index (χ0n) is 10.5. The smallest absolute Gasteiger partial charge is 0.160 e. The molecule has 100 valence electrons. The minimum Gasteiger partial charge on any atom is -0.236 e. The van der Waals surface area contributed by atoms with E-state index in [2.05, 4.69) is 16.9 Å². The van der Waals surface area contributed by atoms with Gasteiger partial charge in [0.2, 0.25) is 0 Å². The predicted octanol–water partition coefficient (Wildman–Crippen LogP) is 4.63. The van der Waals surface area contributed by atoms with Gasteiger partial charge >= 0.3 is 0 Å². The van der Waals surface area contributed by atoms with Crippen LogP contribution in [0, 0.1) is 5.82 Å². The number of halogens is 3. The average Bonchev–Trinajstić information content (AvgIpc) is 2.39. The molecule has 0 saturated heterocycles. The normalized spacial score (nSPS) is 10.7. The molecule has 0 fully saturated rings. The maximum Gasteiger partial charge on any atom is 0.160 e. The van der Waals surface area contributed by atoms with Crippen LogP contribution in [0.3, 0.4) is 0 Å². The topological polar surface area (TPSA) is 25.8 Å². The van der Waals surface area contributed by atoms with Crippen molar-refractivity contribution >= 4 is 23.2 Å². The first-order valence-corrected chi connectivity index (χ1v) is 6.93. The quantitative estimate of drug-likeness (QED) is 0.769. The summed E-state index contributed by atoms with van der Waals surface area (Å²) >= 11 is 11.9. The van der Waals surface area contributed by atoms with E-state index in [-0.39, 0.29) is 5.82 Å². The van der Waals surface area contributed by atoms with Gasteiger partial charge in [-0.05, 0) is 24.6 Å². The Balaban J connectivity index is 2.47. The highest BCUT2D eigenvalue weighted by Crippen LogP contribution is 2.26. The van der Waals surface area contributed by atoms with Crippen LogP contribution in [0.2, 0.25) is 5.02 Å². The van der Waals surface area contributed by atoms with Crippen molar-refractivity contribution in [2.24, 2.45) is 0 Å². The molecule has 0 radical (unpaired) electrons. The number of alkyl halides is 1. The van der Waals surface area contributed by atoms with E-state index in [9.17, 15) is 4.39 Å². The lowest BCUT2D eigenvalue weighted by atomic mass is 10.1. The van der Waals surface area contributed by atoms with Gasteiger partial charge in [-0.25, -0.2) is 14.4 Å². The van der Waals surface area contributed by atoms with Crippen LogP contribution in [-0.4, -0.2) is 9.97 Å². The van der Waals surface area contributed by atoms with Crippen LogP contribution in [0.4, 0.5) is 4.39 Å². The standard InChI is InChI=1S/C14H13Cl2FN2/c1-2-3-13-9(7-15)8-18-14(19-13)11-5-4-10(17)6-12(11)16/h4-6,8H,2-3,7H2,1H3. The van der Waals surface area contributed by atoms with Crippen molar-refractivity contribution in [2.45, 2.75) is 25.6 Å². The number of benzene rings is 1. The summed E-state index contributed by atoms with van der Waals surface area (Å²) in [6, 6.07) is 4.19. The zero-order chi connectivity index (χ0) is 13.8. The monoisotopic (exact) mass is 298 g/mol. The summed E-state index contributed by atoms with van der Waals surface area (Å²) in [5.74, 6) is 0.509. The SMILES string of the molecule is CCCc1nc(-c2ccc(F)cc2Cl)ncc1CCl. The second-order valence-electron chi connectivity index (χ2n) is 4.17. The van der Waals surface area contributed by atoms with E-state index in [4.69, 9.17) is 23.2 Å². The fourth-order valence-corrected chi connectivity index (χ4v) is 2.28. The van der Waals surface area contributed by atoms with Crippen molar-refractivity contribution in [3.8, 4) is 11.4 Å². The molecule has 2 nitrogen and oxygen atoms in total. The first kappa shape index (κ1) is 14.2. The van der Waals surface area contributed by atoms with Crippen LogP contribution in [0.5, 0.6) is 0 Å². The molecular weight excluding hydrogens is 286 g/mol. The molecule has 0 amide bonds. The highest BCUT2D eigenvalue weighted by molar-refractivity contribution is 6.33. The number of nitrogens with zero attached hydrogens (tertiary/aromatic N) is 2. The summed E-state index contributed by atoms with van der Waals surface area (Å²) < 4.78 is 13.0. The lowest BCUT2D eigenvalue weighted by Gasteiger charge is -2.08. The minimum absolute atomic E-state index is 0.307. The summed E-state index contributed by atoms with van der Waals surface area (Å²) in [5.41, 5.74) is 2.47. The number of hydrogen-bond acceptors (Lipinski definition) is 2. The molecule has 1 heterocycles. The molecule has 0 aliphatic carbocycles. The van der Waals surface area contributed by atoms with E-state index in [0.29, 0.717) is 22.3 Å². The van der Waals surface area contributed by atoms with Gasteiger partial charge in [0, 0.05) is 23.0 Å². The lowest BCUT2D eigenvalue weighted by Crippen LogP contribution is -2.01. The van der Waals surface area contributed by atoms with Crippen LogP contribution in [-0.2, 0) is 12.3 Å². The van der Waals surface area contributed by atoms with Gasteiger partial charge in [-0.15, -0.1) is 11.6 Å². The average molecular weight is 299 g/mol. The molecule has 0 N–H and O–H groups in total. The Morgan fingerprint density at radius 2 is 2.11 bits per heavy atom. The van der Waals surface area contributed by atoms with E-state index in [0.717, 1.165) is 24.1 Å².